The number of rotatable bonds is 7. The number of nitrogens with zero attached hydrogens (tertiary/aromatic N) is 3. The van der Waals surface area contributed by atoms with Crippen LogP contribution in [-0.4, -0.2) is 39.5 Å². The summed E-state index contributed by atoms with van der Waals surface area (Å²) >= 11 is 0. The van der Waals surface area contributed by atoms with Gasteiger partial charge in [-0.3, -0.25) is 9.78 Å². The maximum absolute atomic E-state index is 13.3. The number of aliphatic hydroxyl groups excluding tert-OH is 1. The molecule has 0 bridgehead atoms. The zero-order chi connectivity index (χ0) is 25.1. The highest BCUT2D eigenvalue weighted by molar-refractivity contribution is 5.99. The fourth-order valence-electron chi connectivity index (χ4n) is 4.08. The van der Waals surface area contributed by atoms with E-state index in [2.05, 4.69) is 15.4 Å². The average Bonchev–Trinajstić information content (AvgIpc) is 3.36. The summed E-state index contributed by atoms with van der Waals surface area (Å²) in [6.07, 6.45) is 3.47. The number of methoxy groups -OCH3 is 1. The summed E-state index contributed by atoms with van der Waals surface area (Å²) in [4.78, 5) is 17.5. The third-order valence-electron chi connectivity index (χ3n) is 5.94. The number of ether oxygens (including phenoxy) is 1. The second-order valence-electron chi connectivity index (χ2n) is 8.18. The minimum Gasteiger partial charge on any atom is -0.496 e. The molecular weight excluding hydrogens is 459 g/mol. The van der Waals surface area contributed by atoms with Crippen LogP contribution < -0.4 is 10.1 Å². The summed E-state index contributed by atoms with van der Waals surface area (Å²) in [6.45, 7) is -0.234. The number of fused-ring (bicyclic) bond motifs is 1. The predicted molar refractivity (Wildman–Crippen MR) is 135 cm³/mol. The Bertz CT molecular complexity index is 1520. The van der Waals surface area contributed by atoms with E-state index in [0.29, 0.717) is 28.0 Å². The Balaban J connectivity index is 1.47. The molecule has 1 unspecified atom stereocenters. The third kappa shape index (κ3) is 4.54. The number of benzene rings is 3. The molecule has 3 aromatic carbocycles. The molecule has 2 aromatic heterocycles. The van der Waals surface area contributed by atoms with E-state index >= 15 is 0 Å². The molecule has 5 aromatic rings. The van der Waals surface area contributed by atoms with Gasteiger partial charge in [-0.2, -0.15) is 5.10 Å². The summed E-state index contributed by atoms with van der Waals surface area (Å²) in [6, 6.07) is 21.9. The van der Waals surface area contributed by atoms with Crippen LogP contribution in [0.5, 0.6) is 5.75 Å². The van der Waals surface area contributed by atoms with Gasteiger partial charge in [0.15, 0.2) is 0 Å². The van der Waals surface area contributed by atoms with Crippen molar-refractivity contribution in [1.29, 1.82) is 0 Å². The van der Waals surface area contributed by atoms with Gasteiger partial charge in [-0.15, -0.1) is 0 Å². The van der Waals surface area contributed by atoms with E-state index in [1.165, 1.54) is 19.2 Å². The van der Waals surface area contributed by atoms with Crippen molar-refractivity contribution in [2.75, 3.05) is 13.7 Å². The number of carbonyl (C=O) groups is 1. The molecule has 0 fully saturated rings. The highest BCUT2D eigenvalue weighted by atomic mass is 19.1. The van der Waals surface area contributed by atoms with Crippen LogP contribution in [0.1, 0.15) is 22.0 Å². The van der Waals surface area contributed by atoms with Gasteiger partial charge in [-0.25, -0.2) is 9.07 Å². The van der Waals surface area contributed by atoms with Crippen LogP contribution in [0.25, 0.3) is 27.8 Å². The lowest BCUT2D eigenvalue weighted by atomic mass is 10.0. The van der Waals surface area contributed by atoms with E-state index in [9.17, 15) is 14.3 Å². The molecule has 0 aliphatic rings. The molecule has 0 aliphatic heterocycles. The van der Waals surface area contributed by atoms with Crippen molar-refractivity contribution in [3.8, 4) is 22.6 Å². The van der Waals surface area contributed by atoms with E-state index in [1.54, 1.807) is 41.3 Å². The topological polar surface area (TPSA) is 89.3 Å². The predicted octanol–water partition coefficient (Wildman–Crippen LogP) is 4.70. The lowest BCUT2D eigenvalue weighted by Gasteiger charge is -2.18. The van der Waals surface area contributed by atoms with Gasteiger partial charge in [0.25, 0.3) is 5.91 Å². The normalized spacial score (nSPS) is 11.9. The lowest BCUT2D eigenvalue weighted by Crippen LogP contribution is -2.31. The molecule has 0 aliphatic carbocycles. The van der Waals surface area contributed by atoms with E-state index in [-0.39, 0.29) is 18.3 Å². The Labute approximate surface area is 206 Å². The molecule has 2 N–H and O–H groups in total. The number of nitrogens with one attached hydrogen (secondary N) is 1. The van der Waals surface area contributed by atoms with Crippen LogP contribution in [0.15, 0.2) is 91.3 Å². The van der Waals surface area contributed by atoms with E-state index in [4.69, 9.17) is 4.74 Å². The van der Waals surface area contributed by atoms with Crippen LogP contribution in [-0.2, 0) is 0 Å². The number of aromatic nitrogens is 3. The SMILES string of the molecule is COc1cc(-c2ccnc3cn(-c4ccc(F)cc4)nc23)ccc1C(=O)NC(CO)c1ccccc1. The second kappa shape index (κ2) is 9.97. The summed E-state index contributed by atoms with van der Waals surface area (Å²) in [5.41, 5.74) is 4.79. The number of carbonyl (C=O) groups excluding carboxylic acids is 1. The quantitative estimate of drug-likeness (QED) is 0.351. The minimum absolute atomic E-state index is 0.234. The molecule has 8 heteroatoms. The van der Waals surface area contributed by atoms with Crippen LogP contribution in [0.3, 0.4) is 0 Å². The molecule has 2 heterocycles. The fraction of sp³-hybridized carbons (Fsp3) is 0.107. The Hall–Kier alpha value is -4.56. The van der Waals surface area contributed by atoms with Crippen molar-refractivity contribution >= 4 is 16.9 Å². The van der Waals surface area contributed by atoms with Crippen molar-refractivity contribution in [2.45, 2.75) is 6.04 Å². The van der Waals surface area contributed by atoms with Gasteiger partial charge in [0.2, 0.25) is 0 Å². The number of hydrogen-bond acceptors (Lipinski definition) is 5. The van der Waals surface area contributed by atoms with Gasteiger partial charge >= 0.3 is 0 Å². The second-order valence-corrected chi connectivity index (χ2v) is 8.18. The molecule has 7 nitrogen and oxygen atoms in total. The zero-order valence-electron chi connectivity index (χ0n) is 19.4. The Kier molecular flexibility index (Phi) is 6.42. The van der Waals surface area contributed by atoms with Gasteiger partial charge in [0, 0.05) is 11.8 Å². The summed E-state index contributed by atoms with van der Waals surface area (Å²) in [7, 11) is 1.50. The first-order valence-corrected chi connectivity index (χ1v) is 11.3. The van der Waals surface area contributed by atoms with Crippen molar-refractivity contribution in [1.82, 2.24) is 20.1 Å². The van der Waals surface area contributed by atoms with Gasteiger partial charge < -0.3 is 15.2 Å². The minimum atomic E-state index is -0.543. The molecule has 0 radical (unpaired) electrons. The number of halogens is 1. The largest absolute Gasteiger partial charge is 0.496 e. The molecule has 0 saturated carbocycles. The molecule has 1 atom stereocenters. The van der Waals surface area contributed by atoms with Gasteiger partial charge in [0.1, 0.15) is 22.6 Å². The molecule has 0 spiro atoms. The first-order valence-electron chi connectivity index (χ1n) is 11.3. The van der Waals surface area contributed by atoms with Crippen molar-refractivity contribution < 1.29 is 19.0 Å². The molecular formula is C28H23FN4O3. The molecule has 180 valence electrons. The molecule has 0 saturated heterocycles. The Morgan fingerprint density at radius 1 is 1.08 bits per heavy atom. The van der Waals surface area contributed by atoms with E-state index < -0.39 is 6.04 Å². The summed E-state index contributed by atoms with van der Waals surface area (Å²) < 4.78 is 20.5. The maximum Gasteiger partial charge on any atom is 0.255 e. The van der Waals surface area contributed by atoms with Crippen LogP contribution >= 0.6 is 0 Å². The maximum atomic E-state index is 13.3. The van der Waals surface area contributed by atoms with E-state index in [1.807, 2.05) is 42.5 Å². The first-order chi connectivity index (χ1) is 17.6. The monoisotopic (exact) mass is 482 g/mol. The van der Waals surface area contributed by atoms with E-state index in [0.717, 1.165) is 16.7 Å². The van der Waals surface area contributed by atoms with Crippen molar-refractivity contribution in [3.63, 3.8) is 0 Å². The Morgan fingerprint density at radius 2 is 1.86 bits per heavy atom. The van der Waals surface area contributed by atoms with Crippen molar-refractivity contribution in [3.05, 3.63) is 108 Å². The molecule has 5 rings (SSSR count). The highest BCUT2D eigenvalue weighted by Crippen LogP contribution is 2.32. The number of hydrogen-bond donors (Lipinski definition) is 2. The van der Waals surface area contributed by atoms with Crippen LogP contribution in [0, 0.1) is 5.82 Å². The number of amides is 1. The van der Waals surface area contributed by atoms with Crippen molar-refractivity contribution in [2.24, 2.45) is 0 Å². The number of aliphatic hydroxyl groups is 1. The highest BCUT2D eigenvalue weighted by Gasteiger charge is 2.19. The zero-order valence-corrected chi connectivity index (χ0v) is 19.4. The van der Waals surface area contributed by atoms with Gasteiger partial charge in [-0.05, 0) is 53.6 Å². The first kappa shape index (κ1) is 23.2. The smallest absolute Gasteiger partial charge is 0.255 e. The molecule has 1 amide bonds. The van der Waals surface area contributed by atoms with Crippen LogP contribution in [0.2, 0.25) is 0 Å². The average molecular weight is 483 g/mol. The Morgan fingerprint density at radius 3 is 2.58 bits per heavy atom. The lowest BCUT2D eigenvalue weighted by molar-refractivity contribution is 0.0913. The standard InChI is InChI=1S/C28H23FN4O3/c1-36-26-15-19(7-12-23(26)28(35)31-25(17-34)18-5-3-2-4-6-18)22-13-14-30-24-16-33(32-27(22)24)21-10-8-20(29)9-11-21/h2-16,25,34H,17H2,1H3,(H,31,35). The van der Waals surface area contributed by atoms with Crippen LogP contribution in [0.4, 0.5) is 4.39 Å². The molecule has 36 heavy (non-hydrogen) atoms. The van der Waals surface area contributed by atoms with Gasteiger partial charge in [0.05, 0.1) is 37.2 Å². The summed E-state index contributed by atoms with van der Waals surface area (Å²) in [5.74, 6) is -0.293. The number of pyridine rings is 1. The van der Waals surface area contributed by atoms with Gasteiger partial charge in [-0.1, -0.05) is 36.4 Å². The summed E-state index contributed by atoms with van der Waals surface area (Å²) in [5, 5.41) is 17.4. The third-order valence-corrected chi connectivity index (χ3v) is 5.94. The fourth-order valence-corrected chi connectivity index (χ4v) is 4.08.